The van der Waals surface area contributed by atoms with E-state index in [0.717, 1.165) is 12.8 Å². The summed E-state index contributed by atoms with van der Waals surface area (Å²) in [6.07, 6.45) is 4.98. The first-order chi connectivity index (χ1) is 11.1. The molecule has 1 saturated heterocycles. The van der Waals surface area contributed by atoms with Crippen LogP contribution in [0.3, 0.4) is 0 Å². The van der Waals surface area contributed by atoms with E-state index in [2.05, 4.69) is 15.6 Å². The molecular formula is C15H22N4O3S. The number of fused-ring (bicyclic) bond motifs is 1. The Balaban J connectivity index is 1.41. The average Bonchev–Trinajstić information content (AvgIpc) is 2.94. The van der Waals surface area contributed by atoms with Crippen molar-refractivity contribution < 1.29 is 14.4 Å². The molecule has 0 bridgehead atoms. The van der Waals surface area contributed by atoms with Crippen LogP contribution in [0.1, 0.15) is 38.5 Å². The number of amidine groups is 1. The first-order valence-corrected chi connectivity index (χ1v) is 9.08. The fourth-order valence-electron chi connectivity index (χ4n) is 3.16. The van der Waals surface area contributed by atoms with E-state index in [1.807, 2.05) is 0 Å². The second kappa shape index (κ2) is 7.33. The maximum Gasteiger partial charge on any atom is 0.239 e. The Bertz CT molecular complexity index is 537. The number of aliphatic imine (C=N–C) groups is 1. The van der Waals surface area contributed by atoms with Gasteiger partial charge in [0, 0.05) is 31.2 Å². The zero-order valence-electron chi connectivity index (χ0n) is 13.0. The molecule has 8 heteroatoms. The molecule has 2 aliphatic heterocycles. The third-order valence-corrected chi connectivity index (χ3v) is 5.70. The second-order valence-electron chi connectivity index (χ2n) is 6.16. The van der Waals surface area contributed by atoms with Crippen LogP contribution in [0, 0.1) is 0 Å². The fourth-order valence-corrected chi connectivity index (χ4v) is 4.45. The number of carbonyl (C=O) groups excluding carboxylic acids is 3. The van der Waals surface area contributed by atoms with Crippen molar-refractivity contribution in [1.29, 1.82) is 0 Å². The van der Waals surface area contributed by atoms with Crippen molar-refractivity contribution in [1.82, 2.24) is 15.5 Å². The van der Waals surface area contributed by atoms with Crippen LogP contribution in [0.2, 0.25) is 0 Å². The Morgan fingerprint density at radius 1 is 1.30 bits per heavy atom. The van der Waals surface area contributed by atoms with Crippen molar-refractivity contribution in [2.75, 3.05) is 19.6 Å². The molecule has 7 nitrogen and oxygen atoms in total. The van der Waals surface area contributed by atoms with Gasteiger partial charge in [-0.25, -0.2) is 0 Å². The summed E-state index contributed by atoms with van der Waals surface area (Å²) >= 11 is 1.66. The van der Waals surface area contributed by atoms with Crippen LogP contribution in [0.5, 0.6) is 0 Å². The molecule has 0 aromatic heterocycles. The number of amides is 3. The number of hydrogen-bond donors (Lipinski definition) is 2. The maximum atomic E-state index is 12.0. The number of thioether (sulfide) groups is 1. The summed E-state index contributed by atoms with van der Waals surface area (Å²) < 4.78 is 0. The Labute approximate surface area is 139 Å². The van der Waals surface area contributed by atoms with Gasteiger partial charge < -0.3 is 15.5 Å². The first kappa shape index (κ1) is 16.3. The SMILES string of the molecule is O=C1CN(C(=O)CCC(=O)NC2=N[C@@H]3CCCC[C@@H]3S2)CCN1. The number of piperazine rings is 1. The van der Waals surface area contributed by atoms with E-state index in [1.54, 1.807) is 11.8 Å². The number of nitrogens with one attached hydrogen (secondary N) is 2. The smallest absolute Gasteiger partial charge is 0.239 e. The number of nitrogens with zero attached hydrogens (tertiary/aromatic N) is 2. The molecule has 0 radical (unpaired) electrons. The lowest BCUT2D eigenvalue weighted by Crippen LogP contribution is -2.50. The Morgan fingerprint density at radius 3 is 2.91 bits per heavy atom. The van der Waals surface area contributed by atoms with Crippen molar-refractivity contribution >= 4 is 34.7 Å². The van der Waals surface area contributed by atoms with Gasteiger partial charge in [0.05, 0.1) is 12.6 Å². The minimum absolute atomic E-state index is 0.0897. The highest BCUT2D eigenvalue weighted by Crippen LogP contribution is 2.36. The quantitative estimate of drug-likeness (QED) is 0.772. The lowest BCUT2D eigenvalue weighted by atomic mass is 9.96. The van der Waals surface area contributed by atoms with Crippen LogP contribution in [0.25, 0.3) is 0 Å². The van der Waals surface area contributed by atoms with Crippen LogP contribution in [-0.2, 0) is 14.4 Å². The zero-order valence-corrected chi connectivity index (χ0v) is 13.9. The van der Waals surface area contributed by atoms with Gasteiger partial charge in [0.2, 0.25) is 17.7 Å². The van der Waals surface area contributed by atoms with Crippen LogP contribution < -0.4 is 10.6 Å². The van der Waals surface area contributed by atoms with Crippen LogP contribution in [-0.4, -0.2) is 58.7 Å². The molecule has 1 aliphatic carbocycles. The Morgan fingerprint density at radius 2 is 2.13 bits per heavy atom. The molecule has 2 fully saturated rings. The van der Waals surface area contributed by atoms with Crippen LogP contribution in [0.4, 0.5) is 0 Å². The molecule has 1 saturated carbocycles. The van der Waals surface area contributed by atoms with E-state index in [9.17, 15) is 14.4 Å². The van der Waals surface area contributed by atoms with Crippen LogP contribution in [0.15, 0.2) is 4.99 Å². The minimum atomic E-state index is -0.176. The summed E-state index contributed by atoms with van der Waals surface area (Å²) in [5.41, 5.74) is 0. The molecule has 3 aliphatic rings. The Hall–Kier alpha value is -1.57. The molecular weight excluding hydrogens is 316 g/mol. The molecule has 2 heterocycles. The summed E-state index contributed by atoms with van der Waals surface area (Å²) in [4.78, 5) is 41.4. The molecule has 0 aromatic carbocycles. The lowest BCUT2D eigenvalue weighted by Gasteiger charge is -2.26. The predicted octanol–water partition coefficient (Wildman–Crippen LogP) is 0.255. The molecule has 3 rings (SSSR count). The maximum absolute atomic E-state index is 12.0. The molecule has 23 heavy (non-hydrogen) atoms. The minimum Gasteiger partial charge on any atom is -0.353 e. The largest absolute Gasteiger partial charge is 0.353 e. The molecule has 2 atom stereocenters. The highest BCUT2D eigenvalue weighted by atomic mass is 32.2. The topological polar surface area (TPSA) is 90.9 Å². The molecule has 0 spiro atoms. The summed E-state index contributed by atoms with van der Waals surface area (Å²) in [6, 6.07) is 0.345. The van der Waals surface area contributed by atoms with Crippen molar-refractivity contribution in [3.63, 3.8) is 0 Å². The van der Waals surface area contributed by atoms with Crippen molar-refractivity contribution in [2.24, 2.45) is 4.99 Å². The van der Waals surface area contributed by atoms with E-state index in [0.29, 0.717) is 29.5 Å². The van der Waals surface area contributed by atoms with Gasteiger partial charge in [0.1, 0.15) is 0 Å². The van der Waals surface area contributed by atoms with Crippen molar-refractivity contribution in [3.05, 3.63) is 0 Å². The number of carbonyl (C=O) groups is 3. The van der Waals surface area contributed by atoms with Gasteiger partial charge in [-0.15, -0.1) is 0 Å². The highest BCUT2D eigenvalue weighted by Gasteiger charge is 2.32. The fraction of sp³-hybridized carbons (Fsp3) is 0.733. The molecule has 0 aromatic rings. The average molecular weight is 338 g/mol. The monoisotopic (exact) mass is 338 g/mol. The van der Waals surface area contributed by atoms with Crippen molar-refractivity contribution in [3.8, 4) is 0 Å². The van der Waals surface area contributed by atoms with Gasteiger partial charge in [-0.3, -0.25) is 19.4 Å². The van der Waals surface area contributed by atoms with E-state index < -0.39 is 0 Å². The van der Waals surface area contributed by atoms with Crippen molar-refractivity contribution in [2.45, 2.75) is 49.8 Å². The second-order valence-corrected chi connectivity index (χ2v) is 7.38. The number of hydrogen-bond acceptors (Lipinski definition) is 5. The van der Waals surface area contributed by atoms with Gasteiger partial charge >= 0.3 is 0 Å². The number of rotatable bonds is 3. The normalized spacial score (nSPS) is 27.0. The van der Waals surface area contributed by atoms with Gasteiger partial charge in [-0.2, -0.15) is 0 Å². The van der Waals surface area contributed by atoms with Gasteiger partial charge in [-0.1, -0.05) is 24.6 Å². The molecule has 126 valence electrons. The standard InChI is InChI=1S/C15H22N4O3S/c20-12(5-6-14(22)19-8-7-16-13(21)9-19)18-15-17-10-3-1-2-4-11(10)23-15/h10-11H,1-9H2,(H,16,21)(H,17,18,20)/t10-,11+/m1/s1. The van der Waals surface area contributed by atoms with Gasteiger partial charge in [0.25, 0.3) is 0 Å². The molecule has 2 N–H and O–H groups in total. The van der Waals surface area contributed by atoms with E-state index in [1.165, 1.54) is 17.7 Å². The third-order valence-electron chi connectivity index (χ3n) is 4.42. The summed E-state index contributed by atoms with van der Waals surface area (Å²) in [7, 11) is 0. The first-order valence-electron chi connectivity index (χ1n) is 8.20. The van der Waals surface area contributed by atoms with Crippen LogP contribution >= 0.6 is 11.8 Å². The van der Waals surface area contributed by atoms with E-state index in [4.69, 9.17) is 0 Å². The van der Waals surface area contributed by atoms with E-state index in [-0.39, 0.29) is 37.1 Å². The predicted molar refractivity (Wildman–Crippen MR) is 88.0 cm³/mol. The third kappa shape index (κ3) is 4.25. The van der Waals surface area contributed by atoms with E-state index >= 15 is 0 Å². The zero-order chi connectivity index (χ0) is 16.2. The summed E-state index contributed by atoms with van der Waals surface area (Å²) in [6.45, 7) is 1.08. The Kier molecular flexibility index (Phi) is 5.20. The van der Waals surface area contributed by atoms with Gasteiger partial charge in [0.15, 0.2) is 5.17 Å². The highest BCUT2D eigenvalue weighted by molar-refractivity contribution is 8.14. The molecule has 3 amide bonds. The summed E-state index contributed by atoms with van der Waals surface area (Å²) in [5.74, 6) is -0.470. The van der Waals surface area contributed by atoms with Gasteiger partial charge in [-0.05, 0) is 12.8 Å². The summed E-state index contributed by atoms with van der Waals surface area (Å²) in [5, 5.41) is 6.71. The lowest BCUT2D eigenvalue weighted by molar-refractivity contribution is -0.139. The molecule has 0 unspecified atom stereocenters.